The van der Waals surface area contributed by atoms with Gasteiger partial charge in [-0.25, -0.2) is 9.37 Å². The van der Waals surface area contributed by atoms with Crippen LogP contribution in [0.1, 0.15) is 15.9 Å². The summed E-state index contributed by atoms with van der Waals surface area (Å²) in [6.07, 6.45) is 1.74. The average molecular weight is 384 g/mol. The second kappa shape index (κ2) is 8.18. The van der Waals surface area contributed by atoms with E-state index >= 15 is 0 Å². The van der Waals surface area contributed by atoms with Crippen molar-refractivity contribution in [2.45, 2.75) is 6.54 Å². The van der Waals surface area contributed by atoms with Crippen LogP contribution in [0.2, 0.25) is 5.02 Å². The van der Waals surface area contributed by atoms with E-state index in [-0.39, 0.29) is 11.7 Å². The van der Waals surface area contributed by atoms with Gasteiger partial charge in [-0.05, 0) is 60.2 Å². The molecule has 0 radical (unpaired) electrons. The van der Waals surface area contributed by atoms with Gasteiger partial charge >= 0.3 is 0 Å². The van der Waals surface area contributed by atoms with Crippen LogP contribution in [0, 0.1) is 5.82 Å². The Hall–Kier alpha value is -2.92. The summed E-state index contributed by atoms with van der Waals surface area (Å²) >= 11 is 5.92. The van der Waals surface area contributed by atoms with Gasteiger partial charge in [-0.1, -0.05) is 17.7 Å². The van der Waals surface area contributed by atoms with Crippen LogP contribution in [-0.4, -0.2) is 25.0 Å². The Morgan fingerprint density at radius 2 is 1.67 bits per heavy atom. The van der Waals surface area contributed by atoms with Crippen LogP contribution in [0.4, 0.5) is 15.9 Å². The minimum Gasteiger partial charge on any atom is -0.363 e. The summed E-state index contributed by atoms with van der Waals surface area (Å²) in [6, 6.07) is 16.4. The molecular formula is C21H19ClFN3O. The number of nitrogens with zero attached hydrogens (tertiary/aromatic N) is 3. The number of benzene rings is 2. The largest absolute Gasteiger partial charge is 0.363 e. The second-order valence-electron chi connectivity index (χ2n) is 6.29. The normalized spacial score (nSPS) is 10.5. The number of halogens is 2. The Morgan fingerprint density at radius 3 is 2.22 bits per heavy atom. The van der Waals surface area contributed by atoms with E-state index in [0.717, 1.165) is 11.4 Å². The summed E-state index contributed by atoms with van der Waals surface area (Å²) in [4.78, 5) is 21.0. The van der Waals surface area contributed by atoms with E-state index in [1.165, 1.54) is 12.1 Å². The fourth-order valence-electron chi connectivity index (χ4n) is 2.61. The van der Waals surface area contributed by atoms with E-state index in [0.29, 0.717) is 22.8 Å². The molecule has 4 nitrogen and oxygen atoms in total. The van der Waals surface area contributed by atoms with Gasteiger partial charge in [0, 0.05) is 36.6 Å². The molecule has 2 aromatic carbocycles. The number of hydrogen-bond donors (Lipinski definition) is 0. The SMILES string of the molecule is CN(C)c1ccc(CN(C(=O)c2ccc(Cl)cc2)c2ccc(F)cc2)cn1. The molecule has 0 saturated carbocycles. The highest BCUT2D eigenvalue weighted by Gasteiger charge is 2.18. The lowest BCUT2D eigenvalue weighted by Gasteiger charge is -2.23. The molecule has 0 unspecified atom stereocenters. The predicted molar refractivity (Wildman–Crippen MR) is 107 cm³/mol. The summed E-state index contributed by atoms with van der Waals surface area (Å²) in [6.45, 7) is 0.313. The maximum absolute atomic E-state index is 13.3. The van der Waals surface area contributed by atoms with Crippen molar-refractivity contribution in [2.75, 3.05) is 23.9 Å². The monoisotopic (exact) mass is 383 g/mol. The Kier molecular flexibility index (Phi) is 5.72. The Labute approximate surface area is 162 Å². The van der Waals surface area contributed by atoms with Crippen molar-refractivity contribution in [1.29, 1.82) is 0 Å². The van der Waals surface area contributed by atoms with Crippen LogP contribution in [0.3, 0.4) is 0 Å². The van der Waals surface area contributed by atoms with Gasteiger partial charge < -0.3 is 9.80 Å². The zero-order valence-electron chi connectivity index (χ0n) is 15.1. The van der Waals surface area contributed by atoms with Crippen molar-refractivity contribution < 1.29 is 9.18 Å². The molecule has 0 fully saturated rings. The van der Waals surface area contributed by atoms with Gasteiger partial charge in [-0.3, -0.25) is 4.79 Å². The molecule has 0 aliphatic carbocycles. The summed E-state index contributed by atoms with van der Waals surface area (Å²) in [5.74, 6) is 0.278. The molecule has 0 N–H and O–H groups in total. The fourth-order valence-corrected chi connectivity index (χ4v) is 2.73. The third kappa shape index (κ3) is 4.63. The number of amides is 1. The molecule has 0 bridgehead atoms. The van der Waals surface area contributed by atoms with E-state index in [4.69, 9.17) is 11.6 Å². The van der Waals surface area contributed by atoms with Crippen molar-refractivity contribution in [2.24, 2.45) is 0 Å². The van der Waals surface area contributed by atoms with Crippen molar-refractivity contribution >= 4 is 29.0 Å². The number of aromatic nitrogens is 1. The standard InChI is InChI=1S/C21H19ClFN3O/c1-25(2)20-12-3-15(13-24-20)14-26(19-10-8-18(23)9-11-19)21(27)16-4-6-17(22)7-5-16/h3-13H,14H2,1-2H3. The first-order chi connectivity index (χ1) is 12.9. The minimum atomic E-state index is -0.352. The number of pyridine rings is 1. The zero-order chi connectivity index (χ0) is 19.4. The van der Waals surface area contributed by atoms with E-state index < -0.39 is 0 Å². The maximum atomic E-state index is 13.3. The molecule has 0 aliphatic heterocycles. The van der Waals surface area contributed by atoms with Gasteiger partial charge in [0.1, 0.15) is 11.6 Å². The molecule has 1 amide bonds. The van der Waals surface area contributed by atoms with Gasteiger partial charge in [0.05, 0.1) is 6.54 Å². The lowest BCUT2D eigenvalue weighted by atomic mass is 10.1. The Balaban J connectivity index is 1.93. The molecule has 138 valence electrons. The molecule has 0 atom stereocenters. The van der Waals surface area contributed by atoms with Crippen molar-refractivity contribution in [3.8, 4) is 0 Å². The van der Waals surface area contributed by atoms with E-state index in [2.05, 4.69) is 4.98 Å². The van der Waals surface area contributed by atoms with Gasteiger partial charge in [0.2, 0.25) is 0 Å². The highest BCUT2D eigenvalue weighted by molar-refractivity contribution is 6.30. The van der Waals surface area contributed by atoms with E-state index in [1.807, 2.05) is 31.1 Å². The third-order valence-electron chi connectivity index (χ3n) is 4.08. The zero-order valence-corrected chi connectivity index (χ0v) is 15.8. The first-order valence-electron chi connectivity index (χ1n) is 8.39. The fraction of sp³-hybridized carbons (Fsp3) is 0.143. The molecule has 0 saturated heterocycles. The van der Waals surface area contributed by atoms with Crippen LogP contribution in [0.5, 0.6) is 0 Å². The van der Waals surface area contributed by atoms with Gasteiger partial charge in [0.15, 0.2) is 0 Å². The molecule has 0 aliphatic rings. The van der Waals surface area contributed by atoms with Crippen LogP contribution < -0.4 is 9.80 Å². The summed E-state index contributed by atoms with van der Waals surface area (Å²) in [7, 11) is 3.83. The Bertz CT molecular complexity index is 910. The highest BCUT2D eigenvalue weighted by atomic mass is 35.5. The molecule has 1 aromatic heterocycles. The summed E-state index contributed by atoms with van der Waals surface area (Å²) in [5, 5.41) is 0.559. The molecular weight excluding hydrogens is 365 g/mol. The van der Waals surface area contributed by atoms with Crippen LogP contribution >= 0.6 is 11.6 Å². The average Bonchev–Trinajstić information content (AvgIpc) is 2.67. The first kappa shape index (κ1) is 18.9. The molecule has 3 aromatic rings. The molecule has 3 rings (SSSR count). The maximum Gasteiger partial charge on any atom is 0.258 e. The molecule has 1 heterocycles. The van der Waals surface area contributed by atoms with E-state index in [1.54, 1.807) is 47.5 Å². The number of rotatable bonds is 5. The molecule has 27 heavy (non-hydrogen) atoms. The van der Waals surface area contributed by atoms with Crippen LogP contribution in [-0.2, 0) is 6.54 Å². The van der Waals surface area contributed by atoms with Gasteiger partial charge in [-0.15, -0.1) is 0 Å². The van der Waals surface area contributed by atoms with Gasteiger partial charge in [-0.2, -0.15) is 0 Å². The number of carbonyl (C=O) groups is 1. The van der Waals surface area contributed by atoms with Crippen molar-refractivity contribution in [3.05, 3.63) is 88.8 Å². The van der Waals surface area contributed by atoms with Crippen LogP contribution in [0.15, 0.2) is 66.9 Å². The third-order valence-corrected chi connectivity index (χ3v) is 4.33. The van der Waals surface area contributed by atoms with E-state index in [9.17, 15) is 9.18 Å². The second-order valence-corrected chi connectivity index (χ2v) is 6.73. The molecule has 6 heteroatoms. The van der Waals surface area contributed by atoms with Crippen molar-refractivity contribution in [3.63, 3.8) is 0 Å². The first-order valence-corrected chi connectivity index (χ1v) is 8.77. The highest BCUT2D eigenvalue weighted by Crippen LogP contribution is 2.22. The minimum absolute atomic E-state index is 0.199. The molecule has 0 spiro atoms. The summed E-state index contributed by atoms with van der Waals surface area (Å²) < 4.78 is 13.3. The number of anilines is 2. The smallest absolute Gasteiger partial charge is 0.258 e. The summed E-state index contributed by atoms with van der Waals surface area (Å²) in [5.41, 5.74) is 1.97. The lowest BCUT2D eigenvalue weighted by Crippen LogP contribution is -2.30. The number of hydrogen-bond acceptors (Lipinski definition) is 3. The van der Waals surface area contributed by atoms with Crippen molar-refractivity contribution in [1.82, 2.24) is 4.98 Å². The lowest BCUT2D eigenvalue weighted by molar-refractivity contribution is 0.0985. The van der Waals surface area contributed by atoms with Crippen LogP contribution in [0.25, 0.3) is 0 Å². The topological polar surface area (TPSA) is 36.4 Å². The quantitative estimate of drug-likeness (QED) is 0.635. The van der Waals surface area contributed by atoms with Gasteiger partial charge in [0.25, 0.3) is 5.91 Å². The Morgan fingerprint density at radius 1 is 1.00 bits per heavy atom. The predicted octanol–water partition coefficient (Wildman–Crippen LogP) is 4.79. The number of carbonyl (C=O) groups excluding carboxylic acids is 1.